The lowest BCUT2D eigenvalue weighted by atomic mass is 9.84. The molecule has 5 aromatic rings. The average molecular weight is 960 g/mol. The second kappa shape index (κ2) is 17.3. The van der Waals surface area contributed by atoms with E-state index in [-0.39, 0.29) is 53.7 Å². The van der Waals surface area contributed by atoms with Gasteiger partial charge in [-0.25, -0.2) is 9.97 Å². The zero-order chi connectivity index (χ0) is 49.0. The summed E-state index contributed by atoms with van der Waals surface area (Å²) in [6, 6.07) is 14.4. The van der Waals surface area contributed by atoms with Crippen LogP contribution in [0, 0.1) is 5.41 Å². The van der Waals surface area contributed by atoms with Crippen LogP contribution in [-0.4, -0.2) is 119 Å². The molecule has 4 aromatic heterocycles. The van der Waals surface area contributed by atoms with Gasteiger partial charge in [0, 0.05) is 119 Å². The summed E-state index contributed by atoms with van der Waals surface area (Å²) in [5, 5.41) is 16.5. The number of fused-ring (bicyclic) bond motifs is 6. The number of aliphatic hydroxyl groups excluding tert-OH is 1. The summed E-state index contributed by atoms with van der Waals surface area (Å²) < 4.78 is 3.68. The highest BCUT2D eigenvalue weighted by atomic mass is 16.3. The molecule has 3 fully saturated rings. The summed E-state index contributed by atoms with van der Waals surface area (Å²) in [4.78, 5) is 85.9. The van der Waals surface area contributed by atoms with Gasteiger partial charge in [0.2, 0.25) is 11.8 Å². The van der Waals surface area contributed by atoms with Crippen LogP contribution < -0.4 is 26.0 Å². The third-order valence-corrected chi connectivity index (χ3v) is 16.6. The molecule has 3 N–H and O–H groups in total. The van der Waals surface area contributed by atoms with Crippen molar-refractivity contribution in [1.29, 1.82) is 0 Å². The number of benzene rings is 1. The molecule has 1 unspecified atom stereocenters. The molecule has 7 aliphatic rings. The van der Waals surface area contributed by atoms with Gasteiger partial charge in [-0.15, -0.1) is 0 Å². The molecule has 1 aliphatic carbocycles. The van der Waals surface area contributed by atoms with Crippen LogP contribution in [0.5, 0.6) is 0 Å². The van der Waals surface area contributed by atoms with Gasteiger partial charge in [-0.2, -0.15) is 0 Å². The first-order chi connectivity index (χ1) is 34.2. The molecule has 3 saturated heterocycles. The number of carbonyl (C=O) groups excluding carboxylic acids is 4. The Balaban J connectivity index is 0.689. The fraction of sp³-hybridized carbons (Fsp3) is 0.463. The quantitative estimate of drug-likeness (QED) is 0.185. The maximum absolute atomic E-state index is 14.0. The van der Waals surface area contributed by atoms with E-state index in [1.165, 1.54) is 27.0 Å². The summed E-state index contributed by atoms with van der Waals surface area (Å²) in [5.74, 6) is 0.0566. The van der Waals surface area contributed by atoms with Crippen LogP contribution in [0.3, 0.4) is 0 Å². The van der Waals surface area contributed by atoms with Crippen LogP contribution in [0.4, 0.5) is 23.0 Å². The lowest BCUT2D eigenvalue weighted by Gasteiger charge is -2.49. The van der Waals surface area contributed by atoms with E-state index in [0.717, 1.165) is 76.1 Å². The molecule has 0 bridgehead atoms. The van der Waals surface area contributed by atoms with E-state index in [4.69, 9.17) is 4.98 Å². The Labute approximate surface area is 412 Å². The summed E-state index contributed by atoms with van der Waals surface area (Å²) >= 11 is 0. The minimum absolute atomic E-state index is 0.115. The normalized spacial score (nSPS) is 24.1. The SMILES string of the molecule is C[C@H]1CN([C@@H]2CCN3Cc4cc5c(cc4C[C@@H]3C2)CN(C2CCC(=O)NC2=O)C5=O)CCN1c1ccc(Nc2cc(-c3ccnc(N4CCn5c(cc6c5CC(C)(C)C6)C4=O)c3CO)cn(C)c2=O)nc1. The maximum Gasteiger partial charge on any atom is 0.276 e. The topological polar surface area (TPSA) is 181 Å². The second-order valence-corrected chi connectivity index (χ2v) is 21.8. The van der Waals surface area contributed by atoms with E-state index in [2.05, 4.69) is 73.9 Å². The highest BCUT2D eigenvalue weighted by molar-refractivity contribution is 6.07. The second-order valence-electron chi connectivity index (χ2n) is 21.8. The number of piperidine rings is 2. The molecule has 6 aliphatic heterocycles. The third-order valence-electron chi connectivity index (χ3n) is 16.6. The molecule has 4 atom stereocenters. The van der Waals surface area contributed by atoms with Crippen molar-refractivity contribution in [2.24, 2.45) is 12.5 Å². The molecule has 1 aromatic carbocycles. The number of amides is 4. The fourth-order valence-corrected chi connectivity index (χ4v) is 13.0. The summed E-state index contributed by atoms with van der Waals surface area (Å²) in [5.41, 5.74) is 10.5. The van der Waals surface area contributed by atoms with Gasteiger partial charge in [-0.3, -0.25) is 44.0 Å². The van der Waals surface area contributed by atoms with Gasteiger partial charge in [0.25, 0.3) is 17.4 Å². The number of anilines is 4. The zero-order valence-electron chi connectivity index (χ0n) is 40.9. The largest absolute Gasteiger partial charge is 0.392 e. The number of imide groups is 1. The summed E-state index contributed by atoms with van der Waals surface area (Å²) in [6.45, 7) is 12.5. The number of piperazine rings is 1. The molecule has 0 spiro atoms. The van der Waals surface area contributed by atoms with E-state index >= 15 is 0 Å². The number of hydrogen-bond acceptors (Lipinski definition) is 12. The standard InChI is InChI=1S/C54H61N11O6/c1-31-26-61(37-10-12-60-28-34-19-41-35(17-32(34)18-39(60)22-37)29-65(51(41)69)44-6-8-48(67)58-50(44)68)13-14-62(31)38-5-7-47(56-25-38)57-43-20-36(27-59(4)52(43)70)40-9-11-55-49(42(40)30-66)64-16-15-63-45(53(64)71)21-33-23-54(2,3)24-46(33)63/h5,7,9,11,17,19-21,25,27,31,37,39,44,66H,6,8,10,12-16,18,22-24,26,28-30H2,1-4H3,(H,56,57)(H,58,67,68)/t31-,37+,39+,44?/m0/s1. The van der Waals surface area contributed by atoms with Gasteiger partial charge in [0.1, 0.15) is 29.1 Å². The van der Waals surface area contributed by atoms with Gasteiger partial charge >= 0.3 is 0 Å². The Bertz CT molecular complexity index is 3110. The molecule has 10 heterocycles. The van der Waals surface area contributed by atoms with Crippen molar-refractivity contribution < 1.29 is 24.3 Å². The van der Waals surface area contributed by atoms with E-state index in [9.17, 15) is 29.1 Å². The Morgan fingerprint density at radius 1 is 0.817 bits per heavy atom. The molecule has 12 rings (SSSR count). The molecular formula is C54H61N11O6. The monoisotopic (exact) mass is 959 g/mol. The molecule has 0 radical (unpaired) electrons. The maximum atomic E-state index is 14.0. The van der Waals surface area contributed by atoms with Gasteiger partial charge in [0.15, 0.2) is 0 Å². The Morgan fingerprint density at radius 3 is 2.46 bits per heavy atom. The van der Waals surface area contributed by atoms with Crippen molar-refractivity contribution >= 4 is 46.6 Å². The zero-order valence-corrected chi connectivity index (χ0v) is 40.9. The average Bonchev–Trinajstić information content (AvgIpc) is 3.97. The Hall–Kier alpha value is -6.69. The van der Waals surface area contributed by atoms with Crippen molar-refractivity contribution in [2.45, 2.75) is 116 Å². The van der Waals surface area contributed by atoms with Crippen molar-refractivity contribution in [2.75, 3.05) is 47.8 Å². The molecule has 71 heavy (non-hydrogen) atoms. The number of pyridine rings is 3. The first-order valence-corrected chi connectivity index (χ1v) is 25.3. The number of nitrogens with one attached hydrogen (secondary N) is 2. The van der Waals surface area contributed by atoms with Crippen LogP contribution in [0.1, 0.15) is 101 Å². The first-order valence-electron chi connectivity index (χ1n) is 25.3. The van der Waals surface area contributed by atoms with Gasteiger partial charge < -0.3 is 29.4 Å². The number of rotatable bonds is 8. The Morgan fingerprint density at radius 2 is 1.68 bits per heavy atom. The number of aromatic nitrogens is 4. The van der Waals surface area contributed by atoms with E-state index in [1.807, 2.05) is 24.4 Å². The number of hydrogen-bond donors (Lipinski definition) is 3. The summed E-state index contributed by atoms with van der Waals surface area (Å²) in [6.07, 6.45) is 10.9. The minimum atomic E-state index is -0.611. The lowest BCUT2D eigenvalue weighted by molar-refractivity contribution is -0.136. The van der Waals surface area contributed by atoms with Crippen LogP contribution in [0.15, 0.2) is 65.8 Å². The number of carbonyl (C=O) groups is 4. The molecule has 4 amide bonds. The van der Waals surface area contributed by atoms with E-state index in [1.54, 1.807) is 35.3 Å². The molecule has 368 valence electrons. The van der Waals surface area contributed by atoms with Crippen molar-refractivity contribution in [1.82, 2.24) is 39.1 Å². The Kier molecular flexibility index (Phi) is 11.1. The molecule has 0 saturated carbocycles. The lowest BCUT2D eigenvalue weighted by Crippen LogP contribution is -2.58. The highest BCUT2D eigenvalue weighted by Gasteiger charge is 2.43. The van der Waals surface area contributed by atoms with Crippen LogP contribution in [0.25, 0.3) is 11.1 Å². The highest BCUT2D eigenvalue weighted by Crippen LogP contribution is 2.41. The summed E-state index contributed by atoms with van der Waals surface area (Å²) in [7, 11) is 1.70. The molecule has 17 heteroatoms. The molecular weight excluding hydrogens is 899 g/mol. The number of aryl methyl sites for hydroxylation is 1. The fourth-order valence-electron chi connectivity index (χ4n) is 13.0. The van der Waals surface area contributed by atoms with Gasteiger partial charge in [-0.05, 0) is 115 Å². The number of nitrogens with zero attached hydrogens (tertiary/aromatic N) is 9. The van der Waals surface area contributed by atoms with Crippen LogP contribution >= 0.6 is 0 Å². The van der Waals surface area contributed by atoms with Crippen LogP contribution in [0.2, 0.25) is 0 Å². The predicted octanol–water partition coefficient (Wildman–Crippen LogP) is 4.53. The van der Waals surface area contributed by atoms with Gasteiger partial charge in [-0.1, -0.05) is 19.9 Å². The number of aliphatic hydroxyl groups is 1. The van der Waals surface area contributed by atoms with E-state index < -0.39 is 6.04 Å². The smallest absolute Gasteiger partial charge is 0.276 e. The third kappa shape index (κ3) is 7.92. The van der Waals surface area contributed by atoms with Crippen molar-refractivity contribution in [3.8, 4) is 11.1 Å². The molecule has 17 nitrogen and oxygen atoms in total. The van der Waals surface area contributed by atoms with Crippen molar-refractivity contribution in [3.05, 3.63) is 116 Å². The van der Waals surface area contributed by atoms with Crippen LogP contribution in [-0.2, 0) is 62.1 Å². The minimum Gasteiger partial charge on any atom is -0.392 e. The van der Waals surface area contributed by atoms with Crippen molar-refractivity contribution in [3.63, 3.8) is 0 Å². The van der Waals surface area contributed by atoms with E-state index in [0.29, 0.717) is 83.4 Å². The predicted molar refractivity (Wildman–Crippen MR) is 267 cm³/mol. The van der Waals surface area contributed by atoms with Gasteiger partial charge in [0.05, 0.1) is 18.5 Å². The first kappa shape index (κ1) is 45.4.